The van der Waals surface area contributed by atoms with E-state index in [1.807, 2.05) is 6.92 Å². The van der Waals surface area contributed by atoms with Crippen molar-refractivity contribution in [1.29, 1.82) is 0 Å². The molecule has 1 heterocycles. The summed E-state index contributed by atoms with van der Waals surface area (Å²) in [5, 5.41) is 6.49. The van der Waals surface area contributed by atoms with Gasteiger partial charge in [-0.05, 0) is 38.3 Å². The van der Waals surface area contributed by atoms with E-state index in [2.05, 4.69) is 15.6 Å². The molecule has 1 saturated heterocycles. The highest BCUT2D eigenvalue weighted by atomic mass is 127. The Morgan fingerprint density at radius 2 is 1.97 bits per heavy atom. The minimum Gasteiger partial charge on any atom is -0.365 e. The van der Waals surface area contributed by atoms with E-state index in [0.29, 0.717) is 32.1 Å². The summed E-state index contributed by atoms with van der Waals surface area (Å²) in [5.41, 5.74) is -0.229. The number of nitrogens with zero attached hydrogens (tertiary/aromatic N) is 2. The average molecular weight is 542 g/mol. The molecule has 2 aliphatic rings. The van der Waals surface area contributed by atoms with Gasteiger partial charge in [-0.3, -0.25) is 4.99 Å². The summed E-state index contributed by atoms with van der Waals surface area (Å²) in [7, 11) is -3.04. The highest BCUT2D eigenvalue weighted by Gasteiger charge is 2.45. The Labute approximate surface area is 188 Å². The fourth-order valence-corrected chi connectivity index (χ4v) is 5.21. The first kappa shape index (κ1) is 24.1. The average Bonchev–Trinajstić information content (AvgIpc) is 3.19. The number of aliphatic imine (C=N–C) groups is 1. The van der Waals surface area contributed by atoms with E-state index >= 15 is 0 Å². The largest absolute Gasteiger partial charge is 0.365 e. The van der Waals surface area contributed by atoms with Crippen LogP contribution in [0, 0.1) is 17.0 Å². The molecule has 29 heavy (non-hydrogen) atoms. The number of guanidine groups is 1. The molecule has 0 spiro atoms. The van der Waals surface area contributed by atoms with Crippen LogP contribution in [0.15, 0.2) is 23.2 Å². The maximum Gasteiger partial charge on any atom is 0.191 e. The Balaban J connectivity index is 0.00000300. The van der Waals surface area contributed by atoms with Crippen molar-refractivity contribution in [2.24, 2.45) is 10.4 Å². The molecule has 1 unspecified atom stereocenters. The summed E-state index contributed by atoms with van der Waals surface area (Å²) in [6.45, 7) is 4.09. The number of nitrogens with one attached hydrogen (secondary N) is 2. The van der Waals surface area contributed by atoms with E-state index in [1.165, 1.54) is 24.5 Å². The molecule has 0 radical (unpaired) electrons. The van der Waals surface area contributed by atoms with Crippen LogP contribution in [0.4, 0.5) is 14.5 Å². The second kappa shape index (κ2) is 9.76. The molecule has 1 aliphatic heterocycles. The third kappa shape index (κ3) is 6.66. The lowest BCUT2D eigenvalue weighted by Crippen LogP contribution is -2.45. The van der Waals surface area contributed by atoms with E-state index in [4.69, 9.17) is 0 Å². The van der Waals surface area contributed by atoms with Crippen molar-refractivity contribution in [3.05, 3.63) is 29.8 Å². The molecule has 1 atom stereocenters. The first-order chi connectivity index (χ1) is 13.2. The van der Waals surface area contributed by atoms with Gasteiger partial charge in [0.05, 0.1) is 5.75 Å². The smallest absolute Gasteiger partial charge is 0.191 e. The molecule has 1 aromatic carbocycles. The fourth-order valence-electron chi connectivity index (χ4n) is 3.71. The van der Waals surface area contributed by atoms with Gasteiger partial charge in [-0.2, -0.15) is 0 Å². The molecule has 0 aromatic heterocycles. The number of hydrogen-bond donors (Lipinski definition) is 2. The molecule has 10 heteroatoms. The van der Waals surface area contributed by atoms with Gasteiger partial charge in [-0.15, -0.1) is 24.0 Å². The third-order valence-corrected chi connectivity index (χ3v) is 6.36. The lowest BCUT2D eigenvalue weighted by molar-refractivity contribution is 0.547. The third-order valence-electron chi connectivity index (χ3n) is 5.23. The molecular formula is C19H29F2IN4O2S. The highest BCUT2D eigenvalue weighted by Crippen LogP contribution is 2.46. The zero-order valence-corrected chi connectivity index (χ0v) is 19.9. The van der Waals surface area contributed by atoms with Crippen LogP contribution in [-0.2, 0) is 9.84 Å². The van der Waals surface area contributed by atoms with E-state index in [9.17, 15) is 17.2 Å². The van der Waals surface area contributed by atoms with Crippen LogP contribution < -0.4 is 15.5 Å². The minimum absolute atomic E-state index is 0. The predicted molar refractivity (Wildman–Crippen MR) is 123 cm³/mol. The van der Waals surface area contributed by atoms with Gasteiger partial charge in [-0.1, -0.05) is 6.07 Å². The van der Waals surface area contributed by atoms with Crippen LogP contribution in [0.1, 0.15) is 26.2 Å². The van der Waals surface area contributed by atoms with Crippen molar-refractivity contribution in [3.63, 3.8) is 0 Å². The molecule has 2 fully saturated rings. The van der Waals surface area contributed by atoms with Crippen molar-refractivity contribution in [3.8, 4) is 0 Å². The summed E-state index contributed by atoms with van der Waals surface area (Å²) in [6.07, 6.45) is 3.72. The number of rotatable bonds is 7. The molecule has 0 amide bonds. The summed E-state index contributed by atoms with van der Waals surface area (Å²) < 4.78 is 51.3. The highest BCUT2D eigenvalue weighted by molar-refractivity contribution is 14.0. The number of anilines is 1. The number of para-hydroxylation sites is 1. The topological polar surface area (TPSA) is 73.8 Å². The van der Waals surface area contributed by atoms with Crippen LogP contribution in [-0.4, -0.2) is 58.6 Å². The van der Waals surface area contributed by atoms with Gasteiger partial charge in [0, 0.05) is 43.9 Å². The van der Waals surface area contributed by atoms with Crippen molar-refractivity contribution in [2.75, 3.05) is 43.1 Å². The van der Waals surface area contributed by atoms with Crippen LogP contribution in [0.25, 0.3) is 0 Å². The molecule has 1 saturated carbocycles. The number of halogens is 3. The summed E-state index contributed by atoms with van der Waals surface area (Å²) in [6, 6.07) is 3.89. The van der Waals surface area contributed by atoms with Gasteiger partial charge in [0.2, 0.25) is 0 Å². The van der Waals surface area contributed by atoms with Crippen molar-refractivity contribution in [2.45, 2.75) is 32.2 Å². The van der Waals surface area contributed by atoms with Gasteiger partial charge in [0.1, 0.15) is 27.2 Å². The van der Waals surface area contributed by atoms with Gasteiger partial charge < -0.3 is 15.5 Å². The van der Waals surface area contributed by atoms with Crippen molar-refractivity contribution < 1.29 is 17.2 Å². The number of sulfone groups is 1. The molecule has 0 bridgehead atoms. The summed E-state index contributed by atoms with van der Waals surface area (Å²) in [4.78, 5) is 6.30. The first-order valence-corrected chi connectivity index (χ1v) is 11.7. The van der Waals surface area contributed by atoms with Gasteiger partial charge in [0.25, 0.3) is 0 Å². The van der Waals surface area contributed by atoms with Crippen LogP contribution in [0.2, 0.25) is 0 Å². The molecule has 2 N–H and O–H groups in total. The molecular weight excluding hydrogens is 513 g/mol. The standard InChI is InChI=1S/C19H28F2N4O2S.HI/c1-3-22-18(23-12-19(8-9-19)13-28(2,26)27)24-14-7-10-25(11-14)17-15(20)5-4-6-16(17)21;/h4-6,14H,3,7-13H2,1-2H3,(H2,22,23,24);1H. The second-order valence-electron chi connectivity index (χ2n) is 7.91. The van der Waals surface area contributed by atoms with E-state index in [1.54, 1.807) is 4.90 Å². The molecule has 1 aliphatic carbocycles. The number of hydrogen-bond acceptors (Lipinski definition) is 4. The molecule has 164 valence electrons. The first-order valence-electron chi connectivity index (χ1n) is 9.63. The van der Waals surface area contributed by atoms with Crippen LogP contribution in [0.5, 0.6) is 0 Å². The summed E-state index contributed by atoms with van der Waals surface area (Å²) >= 11 is 0. The summed E-state index contributed by atoms with van der Waals surface area (Å²) in [5.74, 6) is -0.342. The second-order valence-corrected chi connectivity index (χ2v) is 10.1. The van der Waals surface area contributed by atoms with Crippen molar-refractivity contribution >= 4 is 45.5 Å². The Morgan fingerprint density at radius 1 is 1.31 bits per heavy atom. The van der Waals surface area contributed by atoms with Gasteiger partial charge in [0.15, 0.2) is 5.96 Å². The fraction of sp³-hybridized carbons (Fsp3) is 0.632. The van der Waals surface area contributed by atoms with Gasteiger partial charge in [-0.25, -0.2) is 17.2 Å². The zero-order chi connectivity index (χ0) is 20.4. The maximum atomic E-state index is 14.0. The van der Waals surface area contributed by atoms with Crippen LogP contribution >= 0.6 is 24.0 Å². The lowest BCUT2D eigenvalue weighted by Gasteiger charge is -2.21. The monoisotopic (exact) mass is 542 g/mol. The maximum absolute atomic E-state index is 14.0. The Hall–Kier alpha value is -1.17. The quantitative estimate of drug-likeness (QED) is 0.315. The van der Waals surface area contributed by atoms with Gasteiger partial charge >= 0.3 is 0 Å². The molecule has 1 aromatic rings. The minimum atomic E-state index is -3.04. The SMILES string of the molecule is CCNC(=NCC1(CS(C)(=O)=O)CC1)NC1CCN(c2c(F)cccc2F)C1.I. The lowest BCUT2D eigenvalue weighted by atomic mass is 10.1. The Bertz CT molecular complexity index is 826. The number of benzene rings is 1. The molecule has 6 nitrogen and oxygen atoms in total. The Morgan fingerprint density at radius 3 is 2.52 bits per heavy atom. The normalized spacial score (nSPS) is 20.9. The van der Waals surface area contributed by atoms with E-state index in [0.717, 1.165) is 19.3 Å². The Kier molecular flexibility index (Phi) is 8.11. The van der Waals surface area contributed by atoms with E-state index < -0.39 is 21.5 Å². The molecule has 3 rings (SSSR count). The van der Waals surface area contributed by atoms with Crippen molar-refractivity contribution in [1.82, 2.24) is 10.6 Å². The predicted octanol–water partition coefficient (Wildman–Crippen LogP) is 2.54. The van der Waals surface area contributed by atoms with E-state index in [-0.39, 0.29) is 46.9 Å². The van der Waals surface area contributed by atoms with Crippen LogP contribution in [0.3, 0.4) is 0 Å². The zero-order valence-electron chi connectivity index (χ0n) is 16.7.